The predicted octanol–water partition coefficient (Wildman–Crippen LogP) is 4.49. The highest BCUT2D eigenvalue weighted by Gasteiger charge is 2.30. The molecule has 0 fully saturated rings. The van der Waals surface area contributed by atoms with E-state index < -0.39 is 15.1 Å². The Morgan fingerprint density at radius 2 is 1.65 bits per heavy atom. The summed E-state index contributed by atoms with van der Waals surface area (Å²) >= 11 is 1.34. The lowest BCUT2D eigenvalue weighted by atomic mass is 10.2. The van der Waals surface area contributed by atoms with Gasteiger partial charge in [-0.25, -0.2) is 8.42 Å². The van der Waals surface area contributed by atoms with Crippen LogP contribution in [0.2, 0.25) is 0 Å². The van der Waals surface area contributed by atoms with E-state index in [4.69, 9.17) is 9.47 Å². The fourth-order valence-electron chi connectivity index (χ4n) is 3.01. The molecule has 0 aliphatic carbocycles. The lowest BCUT2D eigenvalue weighted by Crippen LogP contribution is -2.31. The lowest BCUT2D eigenvalue weighted by molar-refractivity contribution is 0.0953. The van der Waals surface area contributed by atoms with Gasteiger partial charge in [0.1, 0.15) is 16.7 Å². The summed E-state index contributed by atoms with van der Waals surface area (Å²) in [5.74, 6) is 0.900. The van der Waals surface area contributed by atoms with Crippen LogP contribution in [0.3, 0.4) is 0 Å². The van der Waals surface area contributed by atoms with Crippen molar-refractivity contribution in [3.8, 4) is 11.5 Å². The molecule has 0 unspecified atom stereocenters. The van der Waals surface area contributed by atoms with Gasteiger partial charge >= 0.3 is 0 Å². The highest BCUT2D eigenvalue weighted by Crippen LogP contribution is 2.32. The molecule has 0 saturated heterocycles. The summed E-state index contributed by atoms with van der Waals surface area (Å²) in [6, 6.07) is 16.6. The van der Waals surface area contributed by atoms with Gasteiger partial charge in [-0.05, 0) is 73.8 Å². The Kier molecular flexibility index (Phi) is 7.35. The number of methoxy groups -OCH3 is 1. The highest BCUT2D eigenvalue weighted by molar-refractivity contribution is 7.91. The molecule has 0 aliphatic rings. The van der Waals surface area contributed by atoms with Crippen LogP contribution in [-0.2, 0) is 9.84 Å². The van der Waals surface area contributed by atoms with Crippen molar-refractivity contribution in [2.75, 3.05) is 13.7 Å². The third kappa shape index (κ3) is 5.65. The van der Waals surface area contributed by atoms with Crippen LogP contribution < -0.4 is 14.8 Å². The van der Waals surface area contributed by atoms with E-state index in [1.165, 1.54) is 30.6 Å². The summed E-state index contributed by atoms with van der Waals surface area (Å²) in [6.07, 6.45) is 0.0365. The second-order valence-corrected chi connectivity index (χ2v) is 10.2. The van der Waals surface area contributed by atoms with Crippen LogP contribution in [0.1, 0.15) is 34.3 Å². The molecular formula is C23H25NO5S2. The molecule has 0 radical (unpaired) electrons. The summed E-state index contributed by atoms with van der Waals surface area (Å²) in [5.41, 5.74) is 0.433. The first-order valence-electron chi connectivity index (χ1n) is 9.77. The molecule has 1 heterocycles. The Hall–Kier alpha value is -2.84. The molecule has 31 heavy (non-hydrogen) atoms. The van der Waals surface area contributed by atoms with Gasteiger partial charge in [-0.15, -0.1) is 11.3 Å². The molecule has 8 heteroatoms. The summed E-state index contributed by atoms with van der Waals surface area (Å²) < 4.78 is 37.4. The van der Waals surface area contributed by atoms with Crippen LogP contribution in [0.5, 0.6) is 11.5 Å². The zero-order valence-electron chi connectivity index (χ0n) is 17.6. The van der Waals surface area contributed by atoms with Crippen LogP contribution in [0.25, 0.3) is 0 Å². The Morgan fingerprint density at radius 3 is 2.19 bits per heavy atom. The van der Waals surface area contributed by atoms with E-state index in [0.29, 0.717) is 21.9 Å². The van der Waals surface area contributed by atoms with Gasteiger partial charge in [-0.3, -0.25) is 4.79 Å². The number of nitrogens with one attached hydrogen (secondary N) is 1. The van der Waals surface area contributed by atoms with Gasteiger partial charge in [0.2, 0.25) is 0 Å². The van der Waals surface area contributed by atoms with E-state index in [1.54, 1.807) is 48.5 Å². The number of amides is 1. The third-order valence-corrected chi connectivity index (χ3v) is 7.79. The van der Waals surface area contributed by atoms with Crippen molar-refractivity contribution in [2.24, 2.45) is 0 Å². The standard InChI is InChI=1S/C23H25NO5S2/c1-16(2)29-19-8-6-17(7-9-19)23(25)24-15-22(21-5-4-14-30-21)31(26,27)20-12-10-18(28-3)11-13-20/h4-14,16,22H,15H2,1-3H3,(H,24,25)/t22-/m0/s1. The second kappa shape index (κ2) is 9.98. The number of thiophene rings is 1. The van der Waals surface area contributed by atoms with Crippen molar-refractivity contribution in [1.29, 1.82) is 0 Å². The zero-order chi connectivity index (χ0) is 22.4. The maximum absolute atomic E-state index is 13.3. The van der Waals surface area contributed by atoms with Crippen LogP contribution in [0, 0.1) is 0 Å². The molecule has 1 aromatic heterocycles. The largest absolute Gasteiger partial charge is 0.497 e. The van der Waals surface area contributed by atoms with Crippen molar-refractivity contribution >= 4 is 27.1 Å². The van der Waals surface area contributed by atoms with Crippen molar-refractivity contribution in [3.63, 3.8) is 0 Å². The monoisotopic (exact) mass is 459 g/mol. The van der Waals surface area contributed by atoms with Crippen molar-refractivity contribution in [2.45, 2.75) is 30.1 Å². The molecule has 164 valence electrons. The average Bonchev–Trinajstić information content (AvgIpc) is 3.28. The molecule has 0 bridgehead atoms. The molecule has 1 amide bonds. The number of ether oxygens (including phenoxy) is 2. The molecule has 0 aliphatic heterocycles. The molecule has 3 rings (SSSR count). The summed E-state index contributed by atoms with van der Waals surface area (Å²) in [5, 5.41) is 3.69. The van der Waals surface area contributed by atoms with Gasteiger partial charge in [-0.1, -0.05) is 6.07 Å². The number of carbonyl (C=O) groups excluding carboxylic acids is 1. The van der Waals surface area contributed by atoms with E-state index in [-0.39, 0.29) is 23.5 Å². The summed E-state index contributed by atoms with van der Waals surface area (Å²) in [6.45, 7) is 3.81. The van der Waals surface area contributed by atoms with Gasteiger partial charge < -0.3 is 14.8 Å². The SMILES string of the molecule is COc1ccc(S(=O)(=O)[C@@H](CNC(=O)c2ccc(OC(C)C)cc2)c2cccs2)cc1. The quantitative estimate of drug-likeness (QED) is 0.510. The first kappa shape index (κ1) is 22.8. The van der Waals surface area contributed by atoms with Crippen LogP contribution in [0.15, 0.2) is 70.9 Å². The van der Waals surface area contributed by atoms with Gasteiger partial charge in [0.15, 0.2) is 9.84 Å². The van der Waals surface area contributed by atoms with E-state index in [0.717, 1.165) is 0 Å². The maximum atomic E-state index is 13.3. The molecule has 6 nitrogen and oxygen atoms in total. The fraction of sp³-hybridized carbons (Fsp3) is 0.261. The molecule has 3 aromatic rings. The number of rotatable bonds is 9. The van der Waals surface area contributed by atoms with Crippen molar-refractivity contribution < 1.29 is 22.7 Å². The molecule has 0 spiro atoms. The van der Waals surface area contributed by atoms with E-state index in [9.17, 15) is 13.2 Å². The Labute approximate surface area is 186 Å². The number of hydrogen-bond acceptors (Lipinski definition) is 6. The third-order valence-electron chi connectivity index (χ3n) is 4.56. The minimum Gasteiger partial charge on any atom is -0.497 e. The highest BCUT2D eigenvalue weighted by atomic mass is 32.2. The number of carbonyl (C=O) groups is 1. The van der Waals surface area contributed by atoms with Crippen molar-refractivity contribution in [1.82, 2.24) is 5.32 Å². The van der Waals surface area contributed by atoms with Gasteiger partial charge in [-0.2, -0.15) is 0 Å². The molecule has 0 saturated carbocycles. The Morgan fingerprint density at radius 1 is 1.00 bits per heavy atom. The summed E-state index contributed by atoms with van der Waals surface area (Å²) in [7, 11) is -2.20. The van der Waals surface area contributed by atoms with Gasteiger partial charge in [0, 0.05) is 17.0 Å². The summed E-state index contributed by atoms with van der Waals surface area (Å²) in [4.78, 5) is 13.5. The van der Waals surface area contributed by atoms with Crippen molar-refractivity contribution in [3.05, 3.63) is 76.5 Å². The maximum Gasteiger partial charge on any atom is 0.251 e. The average molecular weight is 460 g/mol. The van der Waals surface area contributed by atoms with Gasteiger partial charge in [0.25, 0.3) is 5.91 Å². The first-order chi connectivity index (χ1) is 14.8. The molecule has 2 aromatic carbocycles. The minimum absolute atomic E-state index is 0.0365. The zero-order valence-corrected chi connectivity index (χ0v) is 19.2. The van der Waals surface area contributed by atoms with Crippen LogP contribution in [-0.4, -0.2) is 34.1 Å². The predicted molar refractivity (Wildman–Crippen MR) is 122 cm³/mol. The van der Waals surface area contributed by atoms with E-state index >= 15 is 0 Å². The topological polar surface area (TPSA) is 81.7 Å². The number of sulfone groups is 1. The second-order valence-electron chi connectivity index (χ2n) is 7.13. The van der Waals surface area contributed by atoms with Gasteiger partial charge in [0.05, 0.1) is 18.1 Å². The Balaban J connectivity index is 1.78. The first-order valence-corrected chi connectivity index (χ1v) is 12.2. The molecule has 1 atom stereocenters. The molecular weight excluding hydrogens is 434 g/mol. The molecule has 1 N–H and O–H groups in total. The van der Waals surface area contributed by atoms with E-state index in [1.807, 2.05) is 19.2 Å². The van der Waals surface area contributed by atoms with Crippen LogP contribution in [0.4, 0.5) is 0 Å². The number of benzene rings is 2. The lowest BCUT2D eigenvalue weighted by Gasteiger charge is -2.18. The van der Waals surface area contributed by atoms with Crippen LogP contribution >= 0.6 is 11.3 Å². The minimum atomic E-state index is -3.73. The number of hydrogen-bond donors (Lipinski definition) is 1. The normalized spacial score (nSPS) is 12.4. The Bertz CT molecular complexity index is 1090. The fourth-order valence-corrected chi connectivity index (χ4v) is 5.80. The smallest absolute Gasteiger partial charge is 0.251 e. The van der Waals surface area contributed by atoms with E-state index in [2.05, 4.69) is 5.32 Å².